The molecule has 0 spiro atoms. The summed E-state index contributed by atoms with van der Waals surface area (Å²) in [6.45, 7) is 1.92. The lowest BCUT2D eigenvalue weighted by molar-refractivity contribution is 0.102. The molecule has 0 unspecified atom stereocenters. The van der Waals surface area contributed by atoms with Gasteiger partial charge < -0.3 is 5.11 Å². The largest absolute Gasteiger partial charge is 0.508 e. The lowest BCUT2D eigenvalue weighted by Crippen LogP contribution is -2.11. The van der Waals surface area contributed by atoms with E-state index in [0.717, 1.165) is 4.88 Å². The van der Waals surface area contributed by atoms with Gasteiger partial charge >= 0.3 is 0 Å². The van der Waals surface area contributed by atoms with Crippen molar-refractivity contribution in [1.82, 2.24) is 4.98 Å². The Morgan fingerprint density at radius 1 is 1.50 bits per heavy atom. The third-order valence-electron chi connectivity index (χ3n) is 1.95. The van der Waals surface area contributed by atoms with Gasteiger partial charge in [-0.25, -0.2) is 4.98 Å². The normalized spacial score (nSPS) is 10.1. The number of phenolic OH excluding ortho intramolecular Hbond substituents is 1. The third-order valence-corrected chi connectivity index (χ3v) is 2.78. The number of amides is 1. The van der Waals surface area contributed by atoms with E-state index >= 15 is 0 Å². The fraction of sp³-hybridized carbons (Fsp3) is 0.0909. The van der Waals surface area contributed by atoms with Crippen LogP contribution in [0.4, 0.5) is 5.13 Å². The first kappa shape index (κ1) is 10.6. The van der Waals surface area contributed by atoms with E-state index in [1.54, 1.807) is 18.3 Å². The van der Waals surface area contributed by atoms with Crippen molar-refractivity contribution in [2.24, 2.45) is 0 Å². The average molecular weight is 234 g/mol. The lowest BCUT2D eigenvalue weighted by atomic mass is 10.2. The van der Waals surface area contributed by atoms with Crippen LogP contribution in [0.25, 0.3) is 0 Å². The highest BCUT2D eigenvalue weighted by Crippen LogP contribution is 2.18. The minimum atomic E-state index is -0.273. The Kier molecular flexibility index (Phi) is 2.87. The summed E-state index contributed by atoms with van der Waals surface area (Å²) in [5, 5.41) is 12.5. The number of hydrogen-bond donors (Lipinski definition) is 2. The maximum Gasteiger partial charge on any atom is 0.257 e. The number of aromatic hydroxyl groups is 1. The van der Waals surface area contributed by atoms with Gasteiger partial charge in [0.15, 0.2) is 5.13 Å². The van der Waals surface area contributed by atoms with Gasteiger partial charge in [-0.3, -0.25) is 10.1 Å². The molecule has 0 aliphatic rings. The molecule has 0 fully saturated rings. The van der Waals surface area contributed by atoms with Crippen molar-refractivity contribution in [3.8, 4) is 5.75 Å². The second-order valence-electron chi connectivity index (χ2n) is 3.28. The van der Waals surface area contributed by atoms with Crippen molar-refractivity contribution >= 4 is 22.4 Å². The first-order chi connectivity index (χ1) is 7.65. The molecule has 2 N–H and O–H groups in total. The quantitative estimate of drug-likeness (QED) is 0.838. The van der Waals surface area contributed by atoms with E-state index in [4.69, 9.17) is 0 Å². The number of carbonyl (C=O) groups excluding carboxylic acids is 1. The number of rotatable bonds is 2. The van der Waals surface area contributed by atoms with E-state index in [-0.39, 0.29) is 11.7 Å². The van der Waals surface area contributed by atoms with Crippen molar-refractivity contribution in [3.05, 3.63) is 40.9 Å². The molecule has 2 aromatic rings. The van der Waals surface area contributed by atoms with E-state index in [0.29, 0.717) is 10.7 Å². The van der Waals surface area contributed by atoms with E-state index in [1.165, 1.54) is 23.5 Å². The molecule has 1 amide bonds. The number of aryl methyl sites for hydroxylation is 1. The van der Waals surface area contributed by atoms with Gasteiger partial charge in [-0.1, -0.05) is 6.07 Å². The molecule has 0 atom stereocenters. The predicted octanol–water partition coefficient (Wildman–Crippen LogP) is 2.41. The minimum Gasteiger partial charge on any atom is -0.508 e. The first-order valence-corrected chi connectivity index (χ1v) is 5.49. The monoisotopic (exact) mass is 234 g/mol. The number of benzene rings is 1. The van der Waals surface area contributed by atoms with Gasteiger partial charge in [0.1, 0.15) is 5.75 Å². The van der Waals surface area contributed by atoms with Crippen LogP contribution in [-0.2, 0) is 0 Å². The zero-order valence-electron chi connectivity index (χ0n) is 8.60. The third kappa shape index (κ3) is 2.38. The summed E-state index contributed by atoms with van der Waals surface area (Å²) < 4.78 is 0. The van der Waals surface area contributed by atoms with Crippen LogP contribution < -0.4 is 5.32 Å². The summed E-state index contributed by atoms with van der Waals surface area (Å²) in [5.41, 5.74) is 0.410. The SMILES string of the molecule is Cc1cnc(NC(=O)c2cccc(O)c2)s1. The first-order valence-electron chi connectivity index (χ1n) is 4.68. The number of carbonyl (C=O) groups is 1. The standard InChI is InChI=1S/C11H10N2O2S/c1-7-6-12-11(16-7)13-10(15)8-3-2-4-9(14)5-8/h2-6,14H,1H3,(H,12,13,15). The van der Waals surface area contributed by atoms with E-state index in [1.807, 2.05) is 6.92 Å². The average Bonchev–Trinajstić information content (AvgIpc) is 2.64. The molecular weight excluding hydrogens is 224 g/mol. The fourth-order valence-corrected chi connectivity index (χ4v) is 1.89. The number of nitrogens with zero attached hydrogens (tertiary/aromatic N) is 1. The molecule has 0 radical (unpaired) electrons. The molecule has 2 rings (SSSR count). The highest BCUT2D eigenvalue weighted by molar-refractivity contribution is 7.15. The Morgan fingerprint density at radius 3 is 2.94 bits per heavy atom. The Morgan fingerprint density at radius 2 is 2.31 bits per heavy atom. The Balaban J connectivity index is 2.14. The smallest absolute Gasteiger partial charge is 0.257 e. The fourth-order valence-electron chi connectivity index (χ4n) is 1.23. The van der Waals surface area contributed by atoms with Crippen LogP contribution in [0.3, 0.4) is 0 Å². The van der Waals surface area contributed by atoms with Gasteiger partial charge in [-0.05, 0) is 25.1 Å². The summed E-state index contributed by atoms with van der Waals surface area (Å²) in [7, 11) is 0. The van der Waals surface area contributed by atoms with Crippen LogP contribution in [0.5, 0.6) is 5.75 Å². The van der Waals surface area contributed by atoms with Gasteiger partial charge in [0.2, 0.25) is 0 Å². The molecule has 1 aromatic heterocycles. The van der Waals surface area contributed by atoms with Crippen molar-refractivity contribution in [3.63, 3.8) is 0 Å². The number of phenols is 1. The van der Waals surface area contributed by atoms with Gasteiger partial charge in [0.25, 0.3) is 5.91 Å². The van der Waals surface area contributed by atoms with Gasteiger partial charge in [0, 0.05) is 16.6 Å². The summed E-state index contributed by atoms with van der Waals surface area (Å²) in [5.74, 6) is -0.201. The van der Waals surface area contributed by atoms with E-state index in [9.17, 15) is 9.90 Å². The maximum atomic E-state index is 11.7. The molecule has 0 bridgehead atoms. The van der Waals surface area contributed by atoms with Crippen LogP contribution in [0.2, 0.25) is 0 Å². The highest BCUT2D eigenvalue weighted by atomic mass is 32.1. The number of aromatic nitrogens is 1. The number of anilines is 1. The molecule has 0 aliphatic heterocycles. The predicted molar refractivity (Wildman–Crippen MR) is 62.9 cm³/mol. The summed E-state index contributed by atoms with van der Waals surface area (Å²) >= 11 is 1.41. The number of hydrogen-bond acceptors (Lipinski definition) is 4. The van der Waals surface area contributed by atoms with Crippen molar-refractivity contribution in [2.75, 3.05) is 5.32 Å². The van der Waals surface area contributed by atoms with Crippen LogP contribution in [0.1, 0.15) is 15.2 Å². The Bertz CT molecular complexity index is 522. The lowest BCUT2D eigenvalue weighted by Gasteiger charge is -2.01. The zero-order valence-corrected chi connectivity index (χ0v) is 9.41. The van der Waals surface area contributed by atoms with Crippen molar-refractivity contribution in [2.45, 2.75) is 6.92 Å². The highest BCUT2D eigenvalue weighted by Gasteiger charge is 2.08. The topological polar surface area (TPSA) is 62.2 Å². The van der Waals surface area contributed by atoms with Crippen LogP contribution >= 0.6 is 11.3 Å². The number of nitrogens with one attached hydrogen (secondary N) is 1. The minimum absolute atomic E-state index is 0.0722. The van der Waals surface area contributed by atoms with Crippen molar-refractivity contribution < 1.29 is 9.90 Å². The van der Waals surface area contributed by atoms with Crippen molar-refractivity contribution in [1.29, 1.82) is 0 Å². The van der Waals surface area contributed by atoms with Crippen LogP contribution in [0.15, 0.2) is 30.5 Å². The molecule has 0 aliphatic carbocycles. The molecule has 4 nitrogen and oxygen atoms in total. The molecular formula is C11H10N2O2S. The van der Waals surface area contributed by atoms with E-state index < -0.39 is 0 Å². The van der Waals surface area contributed by atoms with Gasteiger partial charge in [-0.2, -0.15) is 0 Å². The van der Waals surface area contributed by atoms with Gasteiger partial charge in [0.05, 0.1) is 0 Å². The Labute approximate surface area is 96.6 Å². The second kappa shape index (κ2) is 4.32. The summed E-state index contributed by atoms with van der Waals surface area (Å²) in [6, 6.07) is 6.19. The second-order valence-corrected chi connectivity index (χ2v) is 4.52. The summed E-state index contributed by atoms with van der Waals surface area (Å²) in [4.78, 5) is 16.8. The number of thiazole rings is 1. The van der Waals surface area contributed by atoms with Crippen LogP contribution in [0, 0.1) is 6.92 Å². The molecule has 5 heteroatoms. The molecule has 0 saturated carbocycles. The molecule has 0 saturated heterocycles. The molecule has 1 heterocycles. The molecule has 82 valence electrons. The maximum absolute atomic E-state index is 11.7. The zero-order chi connectivity index (χ0) is 11.5. The van der Waals surface area contributed by atoms with E-state index in [2.05, 4.69) is 10.3 Å². The Hall–Kier alpha value is -1.88. The van der Waals surface area contributed by atoms with Crippen LogP contribution in [-0.4, -0.2) is 16.0 Å². The summed E-state index contributed by atoms with van der Waals surface area (Å²) in [6.07, 6.45) is 1.70. The molecule has 1 aromatic carbocycles. The van der Waals surface area contributed by atoms with Gasteiger partial charge in [-0.15, -0.1) is 11.3 Å². The molecule has 16 heavy (non-hydrogen) atoms.